The van der Waals surface area contributed by atoms with Crippen LogP contribution >= 0.6 is 0 Å². The average molecular weight is 223 g/mol. The van der Waals surface area contributed by atoms with E-state index in [1.54, 1.807) is 6.07 Å². The Morgan fingerprint density at radius 3 is 2.56 bits per heavy atom. The largest absolute Gasteiger partial charge is 0.479 e. The van der Waals surface area contributed by atoms with E-state index in [1.807, 2.05) is 26.0 Å². The summed E-state index contributed by atoms with van der Waals surface area (Å²) in [5.74, 6) is -0.443. The maximum Gasteiger partial charge on any atom is 0.344 e. The average Bonchev–Trinajstić information content (AvgIpc) is 2.16. The minimum Gasteiger partial charge on any atom is -0.479 e. The molecule has 3 N–H and O–H groups in total. The molecule has 0 saturated heterocycles. The van der Waals surface area contributed by atoms with E-state index < -0.39 is 12.1 Å². The molecule has 4 heteroatoms. The molecule has 0 aromatic heterocycles. The van der Waals surface area contributed by atoms with Crippen molar-refractivity contribution in [3.63, 3.8) is 0 Å². The summed E-state index contributed by atoms with van der Waals surface area (Å²) in [5.41, 5.74) is 7.62. The van der Waals surface area contributed by atoms with Crippen molar-refractivity contribution < 1.29 is 14.6 Å². The van der Waals surface area contributed by atoms with Crippen LogP contribution in [0.25, 0.3) is 0 Å². The van der Waals surface area contributed by atoms with E-state index in [0.717, 1.165) is 11.1 Å². The number of rotatable bonds is 4. The van der Waals surface area contributed by atoms with Gasteiger partial charge in [-0.05, 0) is 32.4 Å². The minimum atomic E-state index is -0.989. The molecule has 0 aliphatic rings. The first-order valence-corrected chi connectivity index (χ1v) is 5.17. The Bertz CT molecular complexity index is 388. The second kappa shape index (κ2) is 4.99. The molecule has 1 aromatic rings. The molecule has 4 nitrogen and oxygen atoms in total. The van der Waals surface area contributed by atoms with E-state index in [1.165, 1.54) is 6.92 Å². The molecule has 1 unspecified atom stereocenters. The second-order valence-corrected chi connectivity index (χ2v) is 3.93. The molecule has 0 fully saturated rings. The van der Waals surface area contributed by atoms with Gasteiger partial charge in [-0.25, -0.2) is 4.79 Å². The fourth-order valence-corrected chi connectivity index (χ4v) is 1.36. The number of aliphatic carboxylic acids is 1. The first-order valence-electron chi connectivity index (χ1n) is 5.17. The van der Waals surface area contributed by atoms with Gasteiger partial charge < -0.3 is 15.6 Å². The van der Waals surface area contributed by atoms with Gasteiger partial charge in [-0.3, -0.25) is 0 Å². The Hall–Kier alpha value is -1.55. The second-order valence-electron chi connectivity index (χ2n) is 3.93. The molecular weight excluding hydrogens is 206 g/mol. The third-order valence-electron chi connectivity index (χ3n) is 2.31. The Balaban J connectivity index is 3.01. The molecule has 1 rings (SSSR count). The quantitative estimate of drug-likeness (QED) is 0.817. The molecular formula is C12H17NO3. The van der Waals surface area contributed by atoms with Crippen molar-refractivity contribution in [2.45, 2.75) is 32.9 Å². The van der Waals surface area contributed by atoms with Gasteiger partial charge in [-0.1, -0.05) is 12.1 Å². The van der Waals surface area contributed by atoms with E-state index in [2.05, 4.69) is 0 Å². The van der Waals surface area contributed by atoms with Gasteiger partial charge in [0.2, 0.25) is 0 Å². The lowest BCUT2D eigenvalue weighted by Gasteiger charge is -2.17. The summed E-state index contributed by atoms with van der Waals surface area (Å²) in [6.07, 6.45) is -0.876. The lowest BCUT2D eigenvalue weighted by atomic mass is 10.1. The highest BCUT2D eigenvalue weighted by atomic mass is 16.5. The van der Waals surface area contributed by atoms with Crippen molar-refractivity contribution >= 4 is 5.97 Å². The molecule has 0 heterocycles. The lowest BCUT2D eigenvalue weighted by molar-refractivity contribution is -0.144. The highest BCUT2D eigenvalue weighted by molar-refractivity contribution is 5.72. The SMILES string of the molecule is Cc1ccc([C@@H](C)N)c(OC(C)C(=O)O)c1. The Labute approximate surface area is 95.0 Å². The number of carboxylic acid groups (broad SMARTS) is 1. The lowest BCUT2D eigenvalue weighted by Crippen LogP contribution is -2.24. The van der Waals surface area contributed by atoms with Crippen molar-refractivity contribution in [3.8, 4) is 5.75 Å². The number of aryl methyl sites for hydroxylation is 1. The monoisotopic (exact) mass is 223 g/mol. The summed E-state index contributed by atoms with van der Waals surface area (Å²) in [6.45, 7) is 5.25. The number of hydrogen-bond donors (Lipinski definition) is 2. The summed E-state index contributed by atoms with van der Waals surface area (Å²) in [5, 5.41) is 8.79. The number of hydrogen-bond acceptors (Lipinski definition) is 3. The van der Waals surface area contributed by atoms with Crippen molar-refractivity contribution in [1.29, 1.82) is 0 Å². The van der Waals surface area contributed by atoms with Gasteiger partial charge in [0.15, 0.2) is 6.10 Å². The zero-order chi connectivity index (χ0) is 12.3. The van der Waals surface area contributed by atoms with Crippen molar-refractivity contribution in [1.82, 2.24) is 0 Å². The number of nitrogens with two attached hydrogens (primary N) is 1. The van der Waals surface area contributed by atoms with Crippen molar-refractivity contribution in [3.05, 3.63) is 29.3 Å². The van der Waals surface area contributed by atoms with E-state index in [0.29, 0.717) is 5.75 Å². The Kier molecular flexibility index (Phi) is 3.90. The molecule has 2 atom stereocenters. The zero-order valence-corrected chi connectivity index (χ0v) is 9.73. The van der Waals surface area contributed by atoms with Crippen LogP contribution < -0.4 is 10.5 Å². The molecule has 0 aliphatic carbocycles. The van der Waals surface area contributed by atoms with Gasteiger partial charge >= 0.3 is 5.97 Å². The summed E-state index contributed by atoms with van der Waals surface area (Å²) in [7, 11) is 0. The van der Waals surface area contributed by atoms with E-state index in [4.69, 9.17) is 15.6 Å². The molecule has 1 aromatic carbocycles. The number of benzene rings is 1. The fraction of sp³-hybridized carbons (Fsp3) is 0.417. The summed E-state index contributed by atoms with van der Waals surface area (Å²) < 4.78 is 5.37. The predicted octanol–water partition coefficient (Wildman–Crippen LogP) is 1.87. The van der Waals surface area contributed by atoms with Gasteiger partial charge in [-0.15, -0.1) is 0 Å². The summed E-state index contributed by atoms with van der Waals surface area (Å²) in [4.78, 5) is 10.7. The van der Waals surface area contributed by atoms with E-state index in [-0.39, 0.29) is 6.04 Å². The van der Waals surface area contributed by atoms with Crippen LogP contribution in [0, 0.1) is 6.92 Å². The van der Waals surface area contributed by atoms with E-state index in [9.17, 15) is 4.79 Å². The first-order chi connectivity index (χ1) is 7.41. The Morgan fingerprint density at radius 2 is 2.06 bits per heavy atom. The molecule has 16 heavy (non-hydrogen) atoms. The molecule has 0 radical (unpaired) electrons. The van der Waals surface area contributed by atoms with Gasteiger partial charge in [0, 0.05) is 11.6 Å². The molecule has 88 valence electrons. The third-order valence-corrected chi connectivity index (χ3v) is 2.31. The van der Waals surface area contributed by atoms with E-state index >= 15 is 0 Å². The topological polar surface area (TPSA) is 72.5 Å². The number of carbonyl (C=O) groups is 1. The molecule has 0 amide bonds. The van der Waals surface area contributed by atoms with Crippen LogP contribution in [0.1, 0.15) is 31.0 Å². The minimum absolute atomic E-state index is 0.184. The third kappa shape index (κ3) is 2.97. The highest BCUT2D eigenvalue weighted by Crippen LogP contribution is 2.26. The fourth-order valence-electron chi connectivity index (χ4n) is 1.36. The van der Waals surface area contributed by atoms with Crippen LogP contribution in [0.5, 0.6) is 5.75 Å². The van der Waals surface area contributed by atoms with Crippen molar-refractivity contribution in [2.24, 2.45) is 5.73 Å². The highest BCUT2D eigenvalue weighted by Gasteiger charge is 2.16. The Morgan fingerprint density at radius 1 is 1.44 bits per heavy atom. The maximum absolute atomic E-state index is 10.7. The summed E-state index contributed by atoms with van der Waals surface area (Å²) in [6, 6.07) is 5.41. The maximum atomic E-state index is 10.7. The number of carboxylic acids is 1. The standard InChI is InChI=1S/C12H17NO3/c1-7-4-5-10(8(2)13)11(6-7)16-9(3)12(14)15/h4-6,8-9H,13H2,1-3H3,(H,14,15)/t8-,9?/m1/s1. The first kappa shape index (κ1) is 12.5. The van der Waals surface area contributed by atoms with Crippen LogP contribution in [-0.2, 0) is 4.79 Å². The van der Waals surface area contributed by atoms with Gasteiger partial charge in [0.05, 0.1) is 0 Å². The normalized spacial score (nSPS) is 14.2. The van der Waals surface area contributed by atoms with Crippen LogP contribution in [0.2, 0.25) is 0 Å². The van der Waals surface area contributed by atoms with Gasteiger partial charge in [0.25, 0.3) is 0 Å². The van der Waals surface area contributed by atoms with Crippen LogP contribution in [0.15, 0.2) is 18.2 Å². The van der Waals surface area contributed by atoms with Crippen LogP contribution in [0.3, 0.4) is 0 Å². The van der Waals surface area contributed by atoms with Crippen molar-refractivity contribution in [2.75, 3.05) is 0 Å². The molecule has 0 bridgehead atoms. The van der Waals surface area contributed by atoms with Gasteiger partial charge in [-0.2, -0.15) is 0 Å². The van der Waals surface area contributed by atoms with Gasteiger partial charge in [0.1, 0.15) is 5.75 Å². The molecule has 0 saturated carbocycles. The zero-order valence-electron chi connectivity index (χ0n) is 9.73. The molecule has 0 spiro atoms. The smallest absolute Gasteiger partial charge is 0.344 e. The van der Waals surface area contributed by atoms with Crippen LogP contribution in [0.4, 0.5) is 0 Å². The van der Waals surface area contributed by atoms with Crippen LogP contribution in [-0.4, -0.2) is 17.2 Å². The summed E-state index contributed by atoms with van der Waals surface area (Å²) >= 11 is 0. The molecule has 0 aliphatic heterocycles. The number of ether oxygens (including phenoxy) is 1. The predicted molar refractivity (Wildman–Crippen MR) is 61.5 cm³/mol.